The highest BCUT2D eigenvalue weighted by Gasteiger charge is 2.30. The minimum atomic E-state index is -0.552. The fourth-order valence-corrected chi connectivity index (χ4v) is 2.56. The number of anilines is 1. The normalized spacial score (nSPS) is 17.8. The number of nitrogens with one attached hydrogen (secondary N) is 1. The number of amides is 1. The van der Waals surface area contributed by atoms with Crippen molar-refractivity contribution in [2.45, 2.75) is 26.7 Å². The Labute approximate surface area is 123 Å². The van der Waals surface area contributed by atoms with Crippen LogP contribution in [0.2, 0.25) is 0 Å². The van der Waals surface area contributed by atoms with Crippen LogP contribution in [-0.2, 0) is 0 Å². The lowest BCUT2D eigenvalue weighted by atomic mass is 10.1. The van der Waals surface area contributed by atoms with E-state index >= 15 is 0 Å². The topological polar surface area (TPSA) is 88.4 Å². The number of carbonyl (C=O) groups is 1. The van der Waals surface area contributed by atoms with Gasteiger partial charge < -0.3 is 10.2 Å². The van der Waals surface area contributed by atoms with Crippen LogP contribution in [0, 0.1) is 16.0 Å². The zero-order valence-electron chi connectivity index (χ0n) is 12.3. The predicted octanol–water partition coefficient (Wildman–Crippen LogP) is 2.29. The Morgan fingerprint density at radius 2 is 2.33 bits per heavy atom. The van der Waals surface area contributed by atoms with E-state index in [4.69, 9.17) is 0 Å². The number of rotatable bonds is 5. The van der Waals surface area contributed by atoms with Crippen molar-refractivity contribution in [1.29, 1.82) is 0 Å². The van der Waals surface area contributed by atoms with Gasteiger partial charge in [-0.1, -0.05) is 13.3 Å². The molecule has 2 heterocycles. The molecule has 0 bridgehead atoms. The van der Waals surface area contributed by atoms with Gasteiger partial charge in [0.1, 0.15) is 17.6 Å². The van der Waals surface area contributed by atoms with E-state index < -0.39 is 4.92 Å². The van der Waals surface area contributed by atoms with Crippen LogP contribution in [0.25, 0.3) is 0 Å². The van der Waals surface area contributed by atoms with Gasteiger partial charge in [0.25, 0.3) is 11.6 Å². The lowest BCUT2D eigenvalue weighted by molar-refractivity contribution is -0.385. The van der Waals surface area contributed by atoms with Gasteiger partial charge in [0, 0.05) is 25.7 Å². The molecule has 1 aromatic heterocycles. The maximum Gasteiger partial charge on any atom is 0.300 e. The number of nitrogens with zero attached hydrogens (tertiary/aromatic N) is 3. The maximum atomic E-state index is 12.6. The molecule has 0 saturated carbocycles. The Morgan fingerprint density at radius 1 is 1.57 bits per heavy atom. The summed E-state index contributed by atoms with van der Waals surface area (Å²) in [5.41, 5.74) is -0.121. The molecular formula is C14H20N4O3. The number of carbonyl (C=O) groups excluding carboxylic acids is 1. The van der Waals surface area contributed by atoms with E-state index in [0.29, 0.717) is 31.4 Å². The Bertz CT molecular complexity index is 547. The molecular weight excluding hydrogens is 272 g/mol. The van der Waals surface area contributed by atoms with Crippen molar-refractivity contribution in [2.75, 3.05) is 25.0 Å². The smallest absolute Gasteiger partial charge is 0.300 e. The summed E-state index contributed by atoms with van der Waals surface area (Å²) < 4.78 is 0. The van der Waals surface area contributed by atoms with Gasteiger partial charge in [-0.25, -0.2) is 4.98 Å². The standard InChI is InChI=1S/C14H20N4O3/c1-3-10-5-6-17(9-10)14(19)11-7-13(15-4-2)16-8-12(11)18(20)21/h7-8,10H,3-6,9H2,1-2H3,(H,15,16). The van der Waals surface area contributed by atoms with Crippen molar-refractivity contribution in [3.63, 3.8) is 0 Å². The second kappa shape index (κ2) is 6.51. The van der Waals surface area contributed by atoms with E-state index in [2.05, 4.69) is 17.2 Å². The fourth-order valence-electron chi connectivity index (χ4n) is 2.56. The Morgan fingerprint density at radius 3 is 2.90 bits per heavy atom. The summed E-state index contributed by atoms with van der Waals surface area (Å²) in [6, 6.07) is 1.48. The van der Waals surface area contributed by atoms with Crippen LogP contribution >= 0.6 is 0 Å². The summed E-state index contributed by atoms with van der Waals surface area (Å²) in [6.07, 6.45) is 3.13. The molecule has 1 aliphatic heterocycles. The first-order chi connectivity index (χ1) is 10.1. The molecule has 7 nitrogen and oxygen atoms in total. The lowest BCUT2D eigenvalue weighted by Gasteiger charge is -2.16. The summed E-state index contributed by atoms with van der Waals surface area (Å²) in [6.45, 7) is 5.96. The Balaban J connectivity index is 2.29. The largest absolute Gasteiger partial charge is 0.370 e. The van der Waals surface area contributed by atoms with E-state index in [1.165, 1.54) is 6.07 Å². The van der Waals surface area contributed by atoms with E-state index in [0.717, 1.165) is 19.0 Å². The van der Waals surface area contributed by atoms with Crippen LogP contribution in [0.4, 0.5) is 11.5 Å². The minimum absolute atomic E-state index is 0.114. The zero-order valence-corrected chi connectivity index (χ0v) is 12.3. The van der Waals surface area contributed by atoms with Crippen LogP contribution in [0.15, 0.2) is 12.3 Å². The number of aromatic nitrogens is 1. The Hall–Kier alpha value is -2.18. The number of nitro groups is 1. The van der Waals surface area contributed by atoms with Gasteiger partial charge in [-0.2, -0.15) is 0 Å². The zero-order chi connectivity index (χ0) is 15.4. The number of pyridine rings is 1. The van der Waals surface area contributed by atoms with Crippen molar-refractivity contribution in [3.05, 3.63) is 27.9 Å². The average molecular weight is 292 g/mol. The molecule has 1 saturated heterocycles. The number of hydrogen-bond acceptors (Lipinski definition) is 5. The molecule has 1 aliphatic rings. The van der Waals surface area contributed by atoms with Crippen molar-refractivity contribution >= 4 is 17.4 Å². The maximum absolute atomic E-state index is 12.6. The van der Waals surface area contributed by atoms with Gasteiger partial charge in [-0.05, 0) is 19.3 Å². The van der Waals surface area contributed by atoms with E-state index in [1.54, 1.807) is 4.90 Å². The summed E-state index contributed by atoms with van der Waals surface area (Å²) in [4.78, 5) is 28.8. The van der Waals surface area contributed by atoms with Crippen LogP contribution < -0.4 is 5.32 Å². The van der Waals surface area contributed by atoms with Gasteiger partial charge in [-0.3, -0.25) is 14.9 Å². The average Bonchev–Trinajstić information content (AvgIpc) is 2.95. The molecule has 7 heteroatoms. The monoisotopic (exact) mass is 292 g/mol. The highest BCUT2D eigenvalue weighted by Crippen LogP contribution is 2.26. The molecule has 0 aromatic carbocycles. The molecule has 1 fully saturated rings. The minimum Gasteiger partial charge on any atom is -0.370 e. The summed E-state index contributed by atoms with van der Waals surface area (Å²) in [5.74, 6) is 0.694. The van der Waals surface area contributed by atoms with Gasteiger partial charge in [-0.15, -0.1) is 0 Å². The highest BCUT2D eigenvalue weighted by atomic mass is 16.6. The molecule has 21 heavy (non-hydrogen) atoms. The van der Waals surface area contributed by atoms with Gasteiger partial charge >= 0.3 is 0 Å². The first kappa shape index (κ1) is 15.2. The summed E-state index contributed by atoms with van der Waals surface area (Å²) in [5, 5.41) is 14.1. The van der Waals surface area contributed by atoms with Crippen LogP contribution in [0.1, 0.15) is 37.0 Å². The van der Waals surface area contributed by atoms with E-state index in [1.807, 2.05) is 6.92 Å². The molecule has 114 valence electrons. The highest BCUT2D eigenvalue weighted by molar-refractivity contribution is 5.98. The molecule has 1 atom stereocenters. The summed E-state index contributed by atoms with van der Waals surface area (Å²) >= 11 is 0. The van der Waals surface area contributed by atoms with E-state index in [-0.39, 0.29) is 17.2 Å². The molecule has 2 rings (SSSR count). The molecule has 1 unspecified atom stereocenters. The van der Waals surface area contributed by atoms with Gasteiger partial charge in [0.2, 0.25) is 0 Å². The third kappa shape index (κ3) is 3.29. The van der Waals surface area contributed by atoms with Crippen molar-refractivity contribution < 1.29 is 9.72 Å². The predicted molar refractivity (Wildman–Crippen MR) is 79.4 cm³/mol. The Kier molecular flexibility index (Phi) is 4.72. The van der Waals surface area contributed by atoms with Gasteiger partial charge in [0.15, 0.2) is 0 Å². The van der Waals surface area contributed by atoms with Crippen molar-refractivity contribution in [1.82, 2.24) is 9.88 Å². The fraction of sp³-hybridized carbons (Fsp3) is 0.571. The first-order valence-electron chi connectivity index (χ1n) is 7.24. The van der Waals surface area contributed by atoms with Crippen LogP contribution in [-0.4, -0.2) is 40.3 Å². The molecule has 0 radical (unpaired) electrons. The third-order valence-corrected chi connectivity index (χ3v) is 3.82. The molecule has 1 N–H and O–H groups in total. The van der Waals surface area contributed by atoms with Crippen molar-refractivity contribution in [3.8, 4) is 0 Å². The number of hydrogen-bond donors (Lipinski definition) is 1. The second-order valence-corrected chi connectivity index (χ2v) is 5.19. The molecule has 0 aliphatic carbocycles. The number of likely N-dealkylation sites (tertiary alicyclic amines) is 1. The third-order valence-electron chi connectivity index (χ3n) is 3.82. The van der Waals surface area contributed by atoms with Crippen LogP contribution in [0.3, 0.4) is 0 Å². The van der Waals surface area contributed by atoms with Crippen LogP contribution in [0.5, 0.6) is 0 Å². The van der Waals surface area contributed by atoms with Crippen molar-refractivity contribution in [2.24, 2.45) is 5.92 Å². The van der Waals surface area contributed by atoms with Gasteiger partial charge in [0.05, 0.1) is 4.92 Å². The molecule has 1 amide bonds. The second-order valence-electron chi connectivity index (χ2n) is 5.19. The quantitative estimate of drug-likeness (QED) is 0.664. The molecule has 0 spiro atoms. The lowest BCUT2D eigenvalue weighted by Crippen LogP contribution is -2.29. The van der Waals surface area contributed by atoms with E-state index in [9.17, 15) is 14.9 Å². The first-order valence-corrected chi connectivity index (χ1v) is 7.24. The molecule has 1 aromatic rings. The summed E-state index contributed by atoms with van der Waals surface area (Å²) in [7, 11) is 0. The SMILES string of the molecule is CCNc1cc(C(=O)N2CCC(CC)C2)c([N+](=O)[O-])cn1.